The van der Waals surface area contributed by atoms with Gasteiger partial charge >= 0.3 is 6.16 Å². The first kappa shape index (κ1) is 29.0. The lowest BCUT2D eigenvalue weighted by Crippen LogP contribution is -2.39. The first-order chi connectivity index (χ1) is 18.6. The molecule has 0 aliphatic heterocycles. The number of nitrogens with zero attached hydrogens (tertiary/aromatic N) is 2. The highest BCUT2D eigenvalue weighted by Gasteiger charge is 2.29. The van der Waals surface area contributed by atoms with Crippen LogP contribution in [-0.4, -0.2) is 54.6 Å². The van der Waals surface area contributed by atoms with E-state index in [1.165, 1.54) is 51.8 Å². The molecular weight excluding hydrogens is 526 g/mol. The highest BCUT2D eigenvalue weighted by atomic mass is 32.2. The van der Waals surface area contributed by atoms with Crippen molar-refractivity contribution < 1.29 is 37.0 Å². The van der Waals surface area contributed by atoms with E-state index in [1.807, 2.05) is 6.92 Å². The van der Waals surface area contributed by atoms with Crippen LogP contribution in [0.25, 0.3) is 0 Å². The van der Waals surface area contributed by atoms with Crippen LogP contribution >= 0.6 is 0 Å². The molecule has 0 unspecified atom stereocenters. The normalized spacial score (nSPS) is 11.1. The molecule has 0 aliphatic rings. The molecule has 206 valence electrons. The maximum atomic E-state index is 13.6. The molecule has 0 aliphatic carbocycles. The highest BCUT2D eigenvalue weighted by Crippen LogP contribution is 2.33. The first-order valence-electron chi connectivity index (χ1n) is 11.6. The number of ether oxygens (including phenoxy) is 4. The van der Waals surface area contributed by atoms with Gasteiger partial charge in [0, 0.05) is 0 Å². The van der Waals surface area contributed by atoms with Crippen LogP contribution in [-0.2, 0) is 19.6 Å². The van der Waals surface area contributed by atoms with Gasteiger partial charge in [-0.2, -0.15) is 5.10 Å². The number of hydrazone groups is 1. The molecule has 0 aromatic heterocycles. The average Bonchev–Trinajstić information content (AvgIpc) is 2.92. The van der Waals surface area contributed by atoms with Crippen LogP contribution in [0.3, 0.4) is 0 Å². The van der Waals surface area contributed by atoms with Crippen LogP contribution in [0.1, 0.15) is 16.7 Å². The number of benzene rings is 3. The SMILES string of the molecule is COC(=O)Oc1ccc(/C=N\NC(=O)CN(c2cc(C)ccc2OC)S(=O)(=O)c2ccc(C)cc2)cc1OC. The third-order valence-electron chi connectivity index (χ3n) is 5.45. The summed E-state index contributed by atoms with van der Waals surface area (Å²) in [6, 6.07) is 15.9. The van der Waals surface area contributed by atoms with Gasteiger partial charge < -0.3 is 18.9 Å². The fourth-order valence-corrected chi connectivity index (χ4v) is 4.88. The molecule has 0 bridgehead atoms. The van der Waals surface area contributed by atoms with Crippen molar-refractivity contribution in [3.05, 3.63) is 77.4 Å². The lowest BCUT2D eigenvalue weighted by molar-refractivity contribution is -0.119. The Morgan fingerprint density at radius 1 is 0.872 bits per heavy atom. The molecule has 39 heavy (non-hydrogen) atoms. The van der Waals surface area contributed by atoms with E-state index in [2.05, 4.69) is 15.3 Å². The summed E-state index contributed by atoms with van der Waals surface area (Å²) >= 11 is 0. The van der Waals surface area contributed by atoms with Crippen LogP contribution in [0, 0.1) is 13.8 Å². The van der Waals surface area contributed by atoms with Crippen LogP contribution < -0.4 is 23.9 Å². The second-order valence-corrected chi connectivity index (χ2v) is 10.1. The van der Waals surface area contributed by atoms with Crippen molar-refractivity contribution in [2.75, 3.05) is 32.2 Å². The highest BCUT2D eigenvalue weighted by molar-refractivity contribution is 7.92. The van der Waals surface area contributed by atoms with Crippen molar-refractivity contribution in [3.8, 4) is 17.2 Å². The Bertz CT molecular complexity index is 1470. The van der Waals surface area contributed by atoms with Gasteiger partial charge in [0.1, 0.15) is 12.3 Å². The Kier molecular flexibility index (Phi) is 9.50. The molecule has 0 fully saturated rings. The summed E-state index contributed by atoms with van der Waals surface area (Å²) in [6.07, 6.45) is 0.423. The van der Waals surface area contributed by atoms with Crippen molar-refractivity contribution in [1.82, 2.24) is 5.43 Å². The Labute approximate surface area is 227 Å². The number of carbonyl (C=O) groups excluding carboxylic acids is 2. The number of carbonyl (C=O) groups is 2. The van der Waals surface area contributed by atoms with Gasteiger partial charge in [0.15, 0.2) is 11.5 Å². The smallest absolute Gasteiger partial charge is 0.495 e. The van der Waals surface area contributed by atoms with Crippen molar-refractivity contribution in [2.45, 2.75) is 18.7 Å². The van der Waals surface area contributed by atoms with Crippen molar-refractivity contribution in [2.24, 2.45) is 5.10 Å². The van der Waals surface area contributed by atoms with Gasteiger partial charge in [-0.1, -0.05) is 23.8 Å². The maximum absolute atomic E-state index is 13.6. The number of nitrogens with one attached hydrogen (secondary N) is 1. The van der Waals surface area contributed by atoms with E-state index in [0.717, 1.165) is 15.4 Å². The summed E-state index contributed by atoms with van der Waals surface area (Å²) in [6.45, 7) is 3.08. The summed E-state index contributed by atoms with van der Waals surface area (Å²) < 4.78 is 48.4. The molecule has 1 amide bonds. The zero-order valence-electron chi connectivity index (χ0n) is 22.1. The first-order valence-corrected chi connectivity index (χ1v) is 13.0. The van der Waals surface area contributed by atoms with Gasteiger partial charge in [-0.15, -0.1) is 0 Å². The number of aryl methyl sites for hydroxylation is 2. The predicted molar refractivity (Wildman–Crippen MR) is 145 cm³/mol. The summed E-state index contributed by atoms with van der Waals surface area (Å²) in [7, 11) is -0.150. The molecule has 0 radical (unpaired) electrons. The minimum Gasteiger partial charge on any atom is -0.495 e. The molecule has 0 heterocycles. The monoisotopic (exact) mass is 555 g/mol. The number of sulfonamides is 1. The minimum atomic E-state index is -4.15. The fourth-order valence-electron chi connectivity index (χ4n) is 3.46. The third kappa shape index (κ3) is 7.26. The number of hydrogen-bond donors (Lipinski definition) is 1. The van der Waals surface area contributed by atoms with Crippen LogP contribution in [0.15, 0.2) is 70.7 Å². The van der Waals surface area contributed by atoms with E-state index >= 15 is 0 Å². The molecule has 3 rings (SSSR count). The summed E-state index contributed by atoms with van der Waals surface area (Å²) in [5, 5.41) is 3.93. The fraction of sp³-hybridized carbons (Fsp3) is 0.222. The van der Waals surface area contributed by atoms with Gasteiger partial charge in [0.05, 0.1) is 38.1 Å². The predicted octanol–water partition coefficient (Wildman–Crippen LogP) is 3.81. The molecule has 3 aromatic rings. The van der Waals surface area contributed by atoms with Crippen LogP contribution in [0.4, 0.5) is 10.5 Å². The van der Waals surface area contributed by atoms with E-state index in [4.69, 9.17) is 14.2 Å². The maximum Gasteiger partial charge on any atom is 0.513 e. The molecule has 0 atom stereocenters. The Morgan fingerprint density at radius 3 is 2.15 bits per heavy atom. The topological polar surface area (TPSA) is 133 Å². The van der Waals surface area contributed by atoms with E-state index in [1.54, 1.807) is 43.3 Å². The van der Waals surface area contributed by atoms with Crippen LogP contribution in [0.5, 0.6) is 17.2 Å². The molecule has 11 nitrogen and oxygen atoms in total. The lowest BCUT2D eigenvalue weighted by Gasteiger charge is -2.25. The van der Waals surface area contributed by atoms with E-state index in [-0.39, 0.29) is 27.8 Å². The largest absolute Gasteiger partial charge is 0.513 e. The number of rotatable bonds is 10. The minimum absolute atomic E-state index is 0.0225. The molecule has 1 N–H and O–H groups in total. The van der Waals surface area contributed by atoms with Gasteiger partial charge in [-0.25, -0.2) is 18.6 Å². The number of methoxy groups -OCH3 is 3. The Hall–Kier alpha value is -4.58. The molecular formula is C27H29N3O8S. The molecule has 3 aromatic carbocycles. The zero-order chi connectivity index (χ0) is 28.6. The second-order valence-electron chi connectivity index (χ2n) is 8.26. The van der Waals surface area contributed by atoms with Crippen molar-refractivity contribution in [1.29, 1.82) is 0 Å². The number of anilines is 1. The van der Waals surface area contributed by atoms with Gasteiger partial charge in [0.25, 0.3) is 15.9 Å². The van der Waals surface area contributed by atoms with Gasteiger partial charge in [0.2, 0.25) is 0 Å². The summed E-state index contributed by atoms with van der Waals surface area (Å²) in [5.74, 6) is -0.0378. The zero-order valence-corrected chi connectivity index (χ0v) is 22.9. The van der Waals surface area contributed by atoms with Gasteiger partial charge in [-0.05, 0) is 67.4 Å². The number of amides is 1. The number of hydrogen-bond acceptors (Lipinski definition) is 9. The standard InChI is InChI=1S/C27H29N3O8S/c1-18-6-10-21(11-7-18)39(33,34)30(22-14-19(2)8-12-23(22)35-3)17-26(31)29-28-16-20-9-13-24(25(15-20)36-4)38-27(32)37-5/h6-16H,17H2,1-5H3,(H,29,31)/b28-16-. The summed E-state index contributed by atoms with van der Waals surface area (Å²) in [4.78, 5) is 24.3. The molecule has 0 saturated carbocycles. The Morgan fingerprint density at radius 2 is 1.51 bits per heavy atom. The average molecular weight is 556 g/mol. The van der Waals surface area contributed by atoms with E-state index in [0.29, 0.717) is 5.56 Å². The molecule has 0 spiro atoms. The Balaban J connectivity index is 1.85. The van der Waals surface area contributed by atoms with Crippen LogP contribution in [0.2, 0.25) is 0 Å². The van der Waals surface area contributed by atoms with E-state index in [9.17, 15) is 18.0 Å². The summed E-state index contributed by atoms with van der Waals surface area (Å²) in [5.41, 5.74) is 4.74. The van der Waals surface area contributed by atoms with Gasteiger partial charge in [-0.3, -0.25) is 9.10 Å². The molecule has 0 saturated heterocycles. The van der Waals surface area contributed by atoms with E-state index < -0.39 is 28.6 Å². The third-order valence-corrected chi connectivity index (χ3v) is 7.22. The van der Waals surface area contributed by atoms with Crippen molar-refractivity contribution in [3.63, 3.8) is 0 Å². The quantitative estimate of drug-likeness (QED) is 0.173. The second kappa shape index (κ2) is 12.8. The van der Waals surface area contributed by atoms with Crippen molar-refractivity contribution >= 4 is 34.0 Å². The molecule has 12 heteroatoms. The lowest BCUT2D eigenvalue weighted by atomic mass is 10.2.